The highest BCUT2D eigenvalue weighted by molar-refractivity contribution is 6.39. The molecule has 1 aromatic heterocycles. The summed E-state index contributed by atoms with van der Waals surface area (Å²) in [5.74, 6) is -1.46. The van der Waals surface area contributed by atoms with Crippen LogP contribution in [0.3, 0.4) is 0 Å². The smallest absolute Gasteiger partial charge is 0.328 e. The Kier molecular flexibility index (Phi) is 7.97. The van der Waals surface area contributed by atoms with Gasteiger partial charge in [0.15, 0.2) is 0 Å². The molecule has 4 rings (SSSR count). The number of aliphatic carboxylic acids is 1. The van der Waals surface area contributed by atoms with E-state index < -0.39 is 17.9 Å². The molecule has 36 heavy (non-hydrogen) atoms. The monoisotopic (exact) mass is 534 g/mol. The van der Waals surface area contributed by atoms with Gasteiger partial charge in [-0.25, -0.2) is 4.79 Å². The van der Waals surface area contributed by atoms with E-state index in [9.17, 15) is 24.3 Å². The molecule has 1 aliphatic heterocycles. The molecule has 2 aliphatic rings. The highest BCUT2D eigenvalue weighted by atomic mass is 35.5. The van der Waals surface area contributed by atoms with Gasteiger partial charge in [0.2, 0.25) is 11.8 Å². The first-order valence-electron chi connectivity index (χ1n) is 11.2. The zero-order valence-corrected chi connectivity index (χ0v) is 20.4. The van der Waals surface area contributed by atoms with Gasteiger partial charge in [0, 0.05) is 19.2 Å². The molecule has 5 N–H and O–H groups in total. The van der Waals surface area contributed by atoms with E-state index in [4.69, 9.17) is 27.6 Å². The summed E-state index contributed by atoms with van der Waals surface area (Å²) in [6.45, 7) is 0.573. The van der Waals surface area contributed by atoms with Crippen molar-refractivity contribution >= 4 is 53.0 Å². The van der Waals surface area contributed by atoms with Crippen LogP contribution in [0.25, 0.3) is 6.08 Å². The summed E-state index contributed by atoms with van der Waals surface area (Å²) in [5, 5.41) is 20.2. The predicted octanol–water partition coefficient (Wildman–Crippen LogP) is 1.82. The first kappa shape index (κ1) is 25.7. The number of rotatable bonds is 10. The lowest BCUT2D eigenvalue weighted by atomic mass is 10.1. The molecule has 12 heteroatoms. The molecular weight excluding hydrogens is 511 g/mol. The number of nitrogens with one attached hydrogen (secondary N) is 4. The van der Waals surface area contributed by atoms with Gasteiger partial charge >= 0.3 is 5.97 Å². The van der Waals surface area contributed by atoms with Gasteiger partial charge < -0.3 is 30.8 Å². The summed E-state index contributed by atoms with van der Waals surface area (Å²) < 4.78 is 5.11. The van der Waals surface area contributed by atoms with Crippen LogP contribution >= 0.6 is 23.2 Å². The summed E-state index contributed by atoms with van der Waals surface area (Å²) in [6.07, 6.45) is 5.30. The van der Waals surface area contributed by atoms with Crippen LogP contribution in [0, 0.1) is 11.8 Å². The number of carboxylic acids is 1. The zero-order valence-electron chi connectivity index (χ0n) is 18.9. The Morgan fingerprint density at radius 2 is 1.94 bits per heavy atom. The first-order valence-corrected chi connectivity index (χ1v) is 12.0. The molecule has 1 saturated heterocycles. The van der Waals surface area contributed by atoms with E-state index in [2.05, 4.69) is 21.3 Å². The SMILES string of the molecule is O=C(/C=C/c1ccco1)NCc1cc(Cl)c(C(=O)N[C@@H](CNC(=O)C2NCC3C[C@@H]32)C(=O)O)c(Cl)c1. The molecule has 1 aliphatic carbocycles. The van der Waals surface area contributed by atoms with Crippen LogP contribution in [0.1, 0.15) is 28.1 Å². The van der Waals surface area contributed by atoms with E-state index in [1.807, 2.05) is 0 Å². The van der Waals surface area contributed by atoms with Crippen molar-refractivity contribution in [2.45, 2.75) is 25.0 Å². The molecule has 0 radical (unpaired) electrons. The Morgan fingerprint density at radius 3 is 2.53 bits per heavy atom. The third kappa shape index (κ3) is 6.26. The minimum Gasteiger partial charge on any atom is -0.480 e. The van der Waals surface area contributed by atoms with E-state index in [1.54, 1.807) is 12.1 Å². The molecule has 0 spiro atoms. The second kappa shape index (κ2) is 11.2. The molecule has 2 unspecified atom stereocenters. The van der Waals surface area contributed by atoms with Crippen LogP contribution < -0.4 is 21.3 Å². The minimum absolute atomic E-state index is 0.0153. The average molecular weight is 535 g/mol. The van der Waals surface area contributed by atoms with Crippen molar-refractivity contribution in [2.24, 2.45) is 11.8 Å². The van der Waals surface area contributed by atoms with Gasteiger partial charge in [0.05, 0.1) is 27.9 Å². The van der Waals surface area contributed by atoms with Gasteiger partial charge in [-0.15, -0.1) is 0 Å². The second-order valence-corrected chi connectivity index (χ2v) is 9.47. The van der Waals surface area contributed by atoms with Crippen LogP contribution in [0.2, 0.25) is 10.0 Å². The third-order valence-corrected chi connectivity index (χ3v) is 6.71. The Morgan fingerprint density at radius 1 is 1.19 bits per heavy atom. The second-order valence-electron chi connectivity index (χ2n) is 8.66. The zero-order chi connectivity index (χ0) is 25.8. The standard InChI is InChI=1S/C24H24Cl2N4O6/c25-16-6-12(9-27-19(31)4-3-14-2-1-5-36-14)7-17(26)20(16)22(32)30-18(24(34)35)11-29-23(33)21-15-8-13(15)10-28-21/h1-7,13,15,18,21,28H,8-11H2,(H,27,31)(H,29,33)(H,30,32)(H,34,35)/b4-3+/t13?,15-,18-,21?/m0/s1. The molecule has 190 valence electrons. The molecule has 3 amide bonds. The van der Waals surface area contributed by atoms with Crippen LogP contribution in [0.5, 0.6) is 0 Å². The van der Waals surface area contributed by atoms with Gasteiger partial charge in [-0.1, -0.05) is 23.2 Å². The van der Waals surface area contributed by atoms with Crippen molar-refractivity contribution in [3.8, 4) is 0 Å². The summed E-state index contributed by atoms with van der Waals surface area (Å²) in [6, 6.07) is 4.58. The molecule has 1 aromatic carbocycles. The Hall–Kier alpha value is -3.34. The lowest BCUT2D eigenvalue weighted by Crippen LogP contribution is -2.51. The van der Waals surface area contributed by atoms with Crippen molar-refractivity contribution < 1.29 is 28.7 Å². The van der Waals surface area contributed by atoms with Crippen molar-refractivity contribution in [1.82, 2.24) is 21.3 Å². The molecule has 0 bridgehead atoms. The number of furan rings is 1. The van der Waals surface area contributed by atoms with Crippen molar-refractivity contribution in [3.63, 3.8) is 0 Å². The van der Waals surface area contributed by atoms with Gasteiger partial charge in [-0.3, -0.25) is 14.4 Å². The number of carboxylic acid groups (broad SMARTS) is 1. The number of hydrogen-bond donors (Lipinski definition) is 5. The van der Waals surface area contributed by atoms with Crippen molar-refractivity contribution in [1.29, 1.82) is 0 Å². The molecule has 2 fully saturated rings. The first-order chi connectivity index (χ1) is 17.2. The molecule has 10 nitrogen and oxygen atoms in total. The maximum Gasteiger partial charge on any atom is 0.328 e. The summed E-state index contributed by atoms with van der Waals surface area (Å²) in [4.78, 5) is 48.8. The van der Waals surface area contributed by atoms with Gasteiger partial charge in [0.25, 0.3) is 5.91 Å². The highest BCUT2D eigenvalue weighted by Gasteiger charge is 2.50. The normalized spacial score (nSPS) is 21.0. The predicted molar refractivity (Wildman–Crippen MR) is 131 cm³/mol. The van der Waals surface area contributed by atoms with Crippen molar-refractivity contribution in [2.75, 3.05) is 13.1 Å². The molecule has 1 saturated carbocycles. The number of amides is 3. The van der Waals surface area contributed by atoms with Gasteiger partial charge in [-0.2, -0.15) is 0 Å². The number of piperidine rings is 1. The van der Waals surface area contributed by atoms with E-state index >= 15 is 0 Å². The molecular formula is C24H24Cl2N4O6. The van der Waals surface area contributed by atoms with E-state index in [-0.39, 0.29) is 52.5 Å². The Balaban J connectivity index is 1.32. The van der Waals surface area contributed by atoms with Crippen LogP contribution in [-0.2, 0) is 20.9 Å². The van der Waals surface area contributed by atoms with E-state index in [0.717, 1.165) is 13.0 Å². The molecule has 4 atom stereocenters. The maximum absolute atomic E-state index is 12.8. The quantitative estimate of drug-likeness (QED) is 0.292. The number of hydrogen-bond acceptors (Lipinski definition) is 6. The van der Waals surface area contributed by atoms with E-state index in [0.29, 0.717) is 17.2 Å². The van der Waals surface area contributed by atoms with Crippen LogP contribution in [0.4, 0.5) is 0 Å². The molecule has 2 heterocycles. The number of fused-ring (bicyclic) bond motifs is 1. The van der Waals surface area contributed by atoms with Crippen LogP contribution in [-0.4, -0.2) is 54.0 Å². The Labute approximate surface area is 216 Å². The number of halogens is 2. The summed E-state index contributed by atoms with van der Waals surface area (Å²) in [5.41, 5.74) is 0.424. The van der Waals surface area contributed by atoms with Gasteiger partial charge in [-0.05, 0) is 60.7 Å². The van der Waals surface area contributed by atoms with E-state index in [1.165, 1.54) is 30.5 Å². The number of benzene rings is 1. The summed E-state index contributed by atoms with van der Waals surface area (Å²) in [7, 11) is 0. The lowest BCUT2D eigenvalue weighted by Gasteiger charge is -2.19. The fraction of sp³-hybridized carbons (Fsp3) is 0.333. The third-order valence-electron chi connectivity index (χ3n) is 6.11. The number of carbonyl (C=O) groups excluding carboxylic acids is 3. The lowest BCUT2D eigenvalue weighted by molar-refractivity contribution is -0.139. The number of carbonyl (C=O) groups is 4. The molecule has 2 aromatic rings. The Bertz CT molecular complexity index is 1180. The van der Waals surface area contributed by atoms with Crippen LogP contribution in [0.15, 0.2) is 41.0 Å². The topological polar surface area (TPSA) is 150 Å². The fourth-order valence-corrected chi connectivity index (χ4v) is 4.81. The largest absolute Gasteiger partial charge is 0.480 e. The van der Waals surface area contributed by atoms with Gasteiger partial charge in [0.1, 0.15) is 11.8 Å². The highest BCUT2D eigenvalue weighted by Crippen LogP contribution is 2.45. The maximum atomic E-state index is 12.8. The summed E-state index contributed by atoms with van der Waals surface area (Å²) >= 11 is 12.5. The minimum atomic E-state index is -1.38. The van der Waals surface area contributed by atoms with Crippen molar-refractivity contribution in [3.05, 3.63) is 63.5 Å². The fourth-order valence-electron chi connectivity index (χ4n) is 4.11. The average Bonchev–Trinajstić information content (AvgIpc) is 3.21.